The first-order chi connectivity index (χ1) is 9.11. The molecular formula is C18H17Si. The van der Waals surface area contributed by atoms with Gasteiger partial charge in [-0.1, -0.05) is 53.2 Å². The van der Waals surface area contributed by atoms with E-state index in [0.29, 0.717) is 5.92 Å². The van der Waals surface area contributed by atoms with Crippen molar-refractivity contribution in [1.82, 2.24) is 0 Å². The van der Waals surface area contributed by atoms with Crippen molar-refractivity contribution in [1.29, 1.82) is 0 Å². The molecule has 0 spiro atoms. The summed E-state index contributed by atoms with van der Waals surface area (Å²) in [7, 11) is 3.82. The average Bonchev–Trinajstić information content (AvgIpc) is 2.67. The van der Waals surface area contributed by atoms with E-state index in [1.54, 1.807) is 0 Å². The number of benzene rings is 2. The molecule has 0 saturated carbocycles. The first-order valence-corrected chi connectivity index (χ1v) is 7.19. The zero-order chi connectivity index (χ0) is 13.6. The van der Waals surface area contributed by atoms with E-state index in [1.165, 1.54) is 38.6 Å². The zero-order valence-electron chi connectivity index (χ0n) is 11.6. The highest BCUT2D eigenvalue weighted by atomic mass is 28.1. The lowest BCUT2D eigenvalue weighted by molar-refractivity contribution is 0.956. The molecule has 0 fully saturated rings. The summed E-state index contributed by atoms with van der Waals surface area (Å²) < 4.78 is 0. The van der Waals surface area contributed by atoms with Gasteiger partial charge in [0.15, 0.2) is 0 Å². The predicted octanol–water partition coefficient (Wildman–Crippen LogP) is 4.35. The molecule has 3 radical (unpaired) electrons. The fraction of sp³-hybridized carbons (Fsp3) is 0.222. The Hall–Kier alpha value is -1.60. The third kappa shape index (κ3) is 1.80. The fourth-order valence-corrected chi connectivity index (χ4v) is 3.43. The highest BCUT2D eigenvalue weighted by molar-refractivity contribution is 6.44. The van der Waals surface area contributed by atoms with Crippen LogP contribution < -0.4 is 0 Å². The monoisotopic (exact) mass is 261 g/mol. The number of fused-ring (bicyclic) bond motifs is 1. The molecule has 0 amide bonds. The van der Waals surface area contributed by atoms with Gasteiger partial charge in [-0.25, -0.2) is 0 Å². The number of rotatable bonds is 1. The minimum absolute atomic E-state index is 0.392. The van der Waals surface area contributed by atoms with Crippen LogP contribution in [-0.4, -0.2) is 10.2 Å². The molecule has 1 heteroatoms. The first-order valence-electron chi connectivity index (χ1n) is 6.69. The van der Waals surface area contributed by atoms with Gasteiger partial charge in [0.1, 0.15) is 0 Å². The van der Waals surface area contributed by atoms with Crippen molar-refractivity contribution in [3.8, 4) is 0 Å². The van der Waals surface area contributed by atoms with Gasteiger partial charge in [-0.15, -0.1) is 0 Å². The molecule has 0 bridgehead atoms. The Bertz CT molecular complexity index is 680. The van der Waals surface area contributed by atoms with Gasteiger partial charge in [-0.2, -0.15) is 0 Å². The van der Waals surface area contributed by atoms with Crippen LogP contribution in [0.25, 0.3) is 5.20 Å². The number of hydrogen-bond acceptors (Lipinski definition) is 0. The lowest BCUT2D eigenvalue weighted by Crippen LogP contribution is -2.03. The van der Waals surface area contributed by atoms with Crippen LogP contribution in [0, 0.1) is 13.8 Å². The zero-order valence-corrected chi connectivity index (χ0v) is 12.6. The summed E-state index contributed by atoms with van der Waals surface area (Å²) in [6, 6.07) is 15.3. The van der Waals surface area contributed by atoms with E-state index in [0.717, 1.165) is 0 Å². The van der Waals surface area contributed by atoms with Crippen LogP contribution in [0.4, 0.5) is 0 Å². The highest BCUT2D eigenvalue weighted by Crippen LogP contribution is 2.45. The molecule has 0 nitrogen and oxygen atoms in total. The van der Waals surface area contributed by atoms with Gasteiger partial charge < -0.3 is 0 Å². The Morgan fingerprint density at radius 3 is 2.32 bits per heavy atom. The smallest absolute Gasteiger partial charge is 0.0623 e. The highest BCUT2D eigenvalue weighted by Gasteiger charge is 2.28. The van der Waals surface area contributed by atoms with Gasteiger partial charge in [0.05, 0.1) is 10.2 Å². The fourth-order valence-electron chi connectivity index (χ4n) is 3.05. The topological polar surface area (TPSA) is 0 Å². The summed E-state index contributed by atoms with van der Waals surface area (Å²) in [5.41, 5.74) is 8.36. The molecule has 2 aromatic carbocycles. The summed E-state index contributed by atoms with van der Waals surface area (Å²) in [4.78, 5) is 0. The quantitative estimate of drug-likeness (QED) is 0.670. The third-order valence-electron chi connectivity index (χ3n) is 4.33. The van der Waals surface area contributed by atoms with Crippen molar-refractivity contribution in [3.63, 3.8) is 0 Å². The Kier molecular flexibility index (Phi) is 2.94. The van der Waals surface area contributed by atoms with Gasteiger partial charge in [0, 0.05) is 5.92 Å². The van der Waals surface area contributed by atoms with Crippen LogP contribution in [0.15, 0.2) is 48.0 Å². The summed E-state index contributed by atoms with van der Waals surface area (Å²) >= 11 is 0. The van der Waals surface area contributed by atoms with E-state index in [2.05, 4.69) is 73.5 Å². The lowest BCUT2D eigenvalue weighted by Gasteiger charge is -2.19. The maximum absolute atomic E-state index is 3.82. The first kappa shape index (κ1) is 12.4. The summed E-state index contributed by atoms with van der Waals surface area (Å²) in [6.07, 6.45) is 0. The average molecular weight is 261 g/mol. The molecule has 1 aliphatic rings. The molecule has 19 heavy (non-hydrogen) atoms. The van der Waals surface area contributed by atoms with Crippen molar-refractivity contribution >= 4 is 15.4 Å². The molecule has 1 unspecified atom stereocenters. The van der Waals surface area contributed by atoms with Gasteiger partial charge in [-0.05, 0) is 48.6 Å². The van der Waals surface area contributed by atoms with Crippen LogP contribution in [0.3, 0.4) is 0 Å². The maximum atomic E-state index is 3.82. The van der Waals surface area contributed by atoms with Crippen molar-refractivity contribution < 1.29 is 0 Å². The molecule has 0 aliphatic heterocycles. The van der Waals surface area contributed by atoms with Crippen molar-refractivity contribution in [2.75, 3.05) is 0 Å². The third-order valence-corrected chi connectivity index (χ3v) is 4.99. The molecule has 93 valence electrons. The van der Waals surface area contributed by atoms with Crippen LogP contribution in [0.1, 0.15) is 40.7 Å². The SMILES string of the molecule is CC1=C([Si])c2ccccc2C1c1cccc(C)c1C. The molecule has 3 rings (SSSR count). The van der Waals surface area contributed by atoms with E-state index in [1.807, 2.05) is 0 Å². The van der Waals surface area contributed by atoms with Crippen molar-refractivity contribution in [2.45, 2.75) is 26.7 Å². The largest absolute Gasteiger partial charge is 0.0720 e. The van der Waals surface area contributed by atoms with E-state index < -0.39 is 0 Å². The van der Waals surface area contributed by atoms with Gasteiger partial charge in [0.2, 0.25) is 0 Å². The molecule has 0 heterocycles. The molecule has 0 N–H and O–H groups in total. The molecule has 1 atom stereocenters. The second-order valence-electron chi connectivity index (χ2n) is 5.37. The van der Waals surface area contributed by atoms with E-state index in [9.17, 15) is 0 Å². The molecular weight excluding hydrogens is 244 g/mol. The van der Waals surface area contributed by atoms with Crippen molar-refractivity contribution in [2.24, 2.45) is 0 Å². The van der Waals surface area contributed by atoms with Gasteiger partial charge >= 0.3 is 0 Å². The van der Waals surface area contributed by atoms with Gasteiger partial charge in [0.25, 0.3) is 0 Å². The lowest BCUT2D eigenvalue weighted by atomic mass is 9.85. The van der Waals surface area contributed by atoms with Gasteiger partial charge in [-0.3, -0.25) is 0 Å². The van der Waals surface area contributed by atoms with E-state index in [4.69, 9.17) is 0 Å². The van der Waals surface area contributed by atoms with Crippen molar-refractivity contribution in [3.05, 3.63) is 75.9 Å². The normalized spacial score (nSPS) is 17.8. The van der Waals surface area contributed by atoms with E-state index >= 15 is 0 Å². The number of hydrogen-bond donors (Lipinski definition) is 0. The Labute approximate surface area is 118 Å². The Morgan fingerprint density at radius 2 is 1.53 bits per heavy atom. The minimum atomic E-state index is 0.392. The molecule has 2 aromatic rings. The van der Waals surface area contributed by atoms with E-state index in [-0.39, 0.29) is 0 Å². The van der Waals surface area contributed by atoms with Crippen LogP contribution >= 0.6 is 0 Å². The van der Waals surface area contributed by atoms with Crippen LogP contribution in [0.5, 0.6) is 0 Å². The summed E-state index contributed by atoms with van der Waals surface area (Å²) in [5, 5.41) is 1.25. The Balaban J connectivity index is 2.24. The Morgan fingerprint density at radius 1 is 0.842 bits per heavy atom. The molecule has 0 aromatic heterocycles. The van der Waals surface area contributed by atoms with Crippen LogP contribution in [0.2, 0.25) is 0 Å². The second kappa shape index (κ2) is 4.50. The second-order valence-corrected chi connectivity index (χ2v) is 5.87. The van der Waals surface area contributed by atoms with Crippen LogP contribution in [-0.2, 0) is 0 Å². The summed E-state index contributed by atoms with van der Waals surface area (Å²) in [5.74, 6) is 0.392. The molecule has 0 saturated heterocycles. The molecule has 1 aliphatic carbocycles. The number of allylic oxidation sites excluding steroid dienone is 1. The number of aryl methyl sites for hydroxylation is 1. The maximum Gasteiger partial charge on any atom is 0.0720 e. The predicted molar refractivity (Wildman–Crippen MR) is 82.5 cm³/mol. The standard InChI is InChI=1S/C18H17Si/c1-11-7-6-10-14(12(11)2)17-13(3)18(19)16-9-5-4-8-15(16)17/h4-10,17H,1-3H3. The summed E-state index contributed by atoms with van der Waals surface area (Å²) in [6.45, 7) is 6.65. The minimum Gasteiger partial charge on any atom is -0.0623 e.